The van der Waals surface area contributed by atoms with Crippen LogP contribution in [0.25, 0.3) is 0 Å². The molecule has 0 fully saturated rings. The second kappa shape index (κ2) is 8.39. The van der Waals surface area contributed by atoms with Gasteiger partial charge in [-0.15, -0.1) is 0 Å². The Balaban J connectivity index is 1.28. The van der Waals surface area contributed by atoms with Crippen molar-refractivity contribution >= 4 is 6.03 Å². The van der Waals surface area contributed by atoms with Crippen LogP contribution in [0.2, 0.25) is 0 Å². The molecule has 6 nitrogen and oxygen atoms in total. The first-order chi connectivity index (χ1) is 14.1. The number of amides is 2. The molecule has 6 heteroatoms. The highest BCUT2D eigenvalue weighted by atomic mass is 16.5. The first-order valence-corrected chi connectivity index (χ1v) is 9.93. The van der Waals surface area contributed by atoms with Gasteiger partial charge in [-0.25, -0.2) is 4.79 Å². The predicted molar refractivity (Wildman–Crippen MR) is 112 cm³/mol. The van der Waals surface area contributed by atoms with Gasteiger partial charge in [0.25, 0.3) is 0 Å². The number of benzene rings is 2. The molecule has 0 saturated carbocycles. The van der Waals surface area contributed by atoms with Crippen LogP contribution in [0, 0.1) is 13.8 Å². The molecule has 0 bridgehead atoms. The largest absolute Gasteiger partial charge is 0.488 e. The summed E-state index contributed by atoms with van der Waals surface area (Å²) in [7, 11) is 0. The summed E-state index contributed by atoms with van der Waals surface area (Å²) < 4.78 is 7.85. The van der Waals surface area contributed by atoms with E-state index in [2.05, 4.69) is 33.9 Å². The van der Waals surface area contributed by atoms with Crippen molar-refractivity contribution in [2.24, 2.45) is 0 Å². The van der Waals surface area contributed by atoms with Crippen molar-refractivity contribution in [1.82, 2.24) is 20.4 Å². The molecule has 1 unspecified atom stereocenters. The van der Waals surface area contributed by atoms with Crippen LogP contribution in [0.15, 0.2) is 54.6 Å². The van der Waals surface area contributed by atoms with Crippen molar-refractivity contribution in [2.45, 2.75) is 39.5 Å². The monoisotopic (exact) mass is 390 g/mol. The average Bonchev–Trinajstić information content (AvgIpc) is 3.26. The van der Waals surface area contributed by atoms with Crippen molar-refractivity contribution < 1.29 is 9.53 Å². The van der Waals surface area contributed by atoms with Crippen LogP contribution >= 0.6 is 0 Å². The molecule has 1 aliphatic heterocycles. The third-order valence-corrected chi connectivity index (χ3v) is 5.34. The van der Waals surface area contributed by atoms with Crippen molar-refractivity contribution in [3.05, 3.63) is 82.7 Å². The molecule has 0 radical (unpaired) electrons. The van der Waals surface area contributed by atoms with Gasteiger partial charge in [0.2, 0.25) is 0 Å². The summed E-state index contributed by atoms with van der Waals surface area (Å²) in [5.41, 5.74) is 5.46. The number of fused-ring (bicyclic) bond motifs is 1. The average molecular weight is 390 g/mol. The number of carbonyl (C=O) groups is 1. The van der Waals surface area contributed by atoms with Crippen molar-refractivity contribution in [1.29, 1.82) is 0 Å². The van der Waals surface area contributed by atoms with E-state index in [4.69, 9.17) is 4.74 Å². The van der Waals surface area contributed by atoms with E-state index in [-0.39, 0.29) is 12.1 Å². The van der Waals surface area contributed by atoms with Gasteiger partial charge < -0.3 is 15.4 Å². The SMILES string of the molecule is Cc1nn(Cc2ccccc2)c(C)c1CNC(=O)NCC1Cc2ccccc2O1. The van der Waals surface area contributed by atoms with E-state index < -0.39 is 0 Å². The molecule has 1 aliphatic rings. The number of ether oxygens (including phenoxy) is 1. The third-order valence-electron chi connectivity index (χ3n) is 5.34. The molecule has 0 aliphatic carbocycles. The molecule has 1 atom stereocenters. The summed E-state index contributed by atoms with van der Waals surface area (Å²) >= 11 is 0. The second-order valence-electron chi connectivity index (χ2n) is 7.41. The van der Waals surface area contributed by atoms with Gasteiger partial charge >= 0.3 is 6.03 Å². The maximum absolute atomic E-state index is 12.3. The highest BCUT2D eigenvalue weighted by Gasteiger charge is 2.22. The Morgan fingerprint density at radius 3 is 2.66 bits per heavy atom. The number of para-hydroxylation sites is 1. The van der Waals surface area contributed by atoms with Gasteiger partial charge in [0.05, 0.1) is 18.8 Å². The van der Waals surface area contributed by atoms with Crippen LogP contribution in [-0.2, 0) is 19.5 Å². The van der Waals surface area contributed by atoms with Crippen LogP contribution in [0.4, 0.5) is 4.79 Å². The first-order valence-electron chi connectivity index (χ1n) is 9.93. The predicted octanol–water partition coefficient (Wildman–Crippen LogP) is 3.35. The first kappa shape index (κ1) is 19.1. The molecular formula is C23H26N4O2. The quantitative estimate of drug-likeness (QED) is 0.678. The molecule has 0 spiro atoms. The number of hydrogen-bond donors (Lipinski definition) is 2. The van der Waals surface area contributed by atoms with E-state index in [0.29, 0.717) is 13.1 Å². The van der Waals surface area contributed by atoms with Crippen LogP contribution in [0.5, 0.6) is 5.75 Å². The highest BCUT2D eigenvalue weighted by molar-refractivity contribution is 5.73. The minimum Gasteiger partial charge on any atom is -0.488 e. The molecule has 4 rings (SSSR count). The third kappa shape index (κ3) is 4.42. The fourth-order valence-electron chi connectivity index (χ4n) is 3.71. The fourth-order valence-corrected chi connectivity index (χ4v) is 3.71. The number of hydrogen-bond acceptors (Lipinski definition) is 3. The van der Waals surface area contributed by atoms with Crippen molar-refractivity contribution in [3.8, 4) is 5.75 Å². The van der Waals surface area contributed by atoms with E-state index in [0.717, 1.165) is 35.7 Å². The van der Waals surface area contributed by atoms with Crippen molar-refractivity contribution in [2.75, 3.05) is 6.54 Å². The van der Waals surface area contributed by atoms with Gasteiger partial charge in [-0.2, -0.15) is 5.10 Å². The summed E-state index contributed by atoms with van der Waals surface area (Å²) in [5, 5.41) is 10.5. The van der Waals surface area contributed by atoms with E-state index in [1.165, 1.54) is 11.1 Å². The lowest BCUT2D eigenvalue weighted by Crippen LogP contribution is -2.40. The summed E-state index contributed by atoms with van der Waals surface area (Å²) in [6.07, 6.45) is 0.802. The minimum atomic E-state index is -0.195. The van der Waals surface area contributed by atoms with Crippen molar-refractivity contribution in [3.63, 3.8) is 0 Å². The van der Waals surface area contributed by atoms with Gasteiger partial charge in [-0.05, 0) is 31.0 Å². The number of urea groups is 1. The van der Waals surface area contributed by atoms with E-state index in [9.17, 15) is 4.79 Å². The lowest BCUT2D eigenvalue weighted by atomic mass is 10.1. The number of aromatic nitrogens is 2. The van der Waals surface area contributed by atoms with E-state index >= 15 is 0 Å². The Labute approximate surface area is 170 Å². The minimum absolute atomic E-state index is 0.0183. The molecule has 150 valence electrons. The van der Waals surface area contributed by atoms with E-state index in [1.807, 2.05) is 54.9 Å². The van der Waals surface area contributed by atoms with Gasteiger partial charge in [0, 0.05) is 24.2 Å². The Morgan fingerprint density at radius 1 is 1.10 bits per heavy atom. The summed E-state index contributed by atoms with van der Waals surface area (Å²) in [5.74, 6) is 0.914. The van der Waals surface area contributed by atoms with E-state index in [1.54, 1.807) is 0 Å². The second-order valence-corrected chi connectivity index (χ2v) is 7.41. The van der Waals surface area contributed by atoms with Gasteiger partial charge in [0.1, 0.15) is 11.9 Å². The molecule has 1 aromatic heterocycles. The highest BCUT2D eigenvalue weighted by Crippen LogP contribution is 2.27. The maximum Gasteiger partial charge on any atom is 0.315 e. The fraction of sp³-hybridized carbons (Fsp3) is 0.304. The zero-order valence-corrected chi connectivity index (χ0v) is 16.8. The summed E-state index contributed by atoms with van der Waals surface area (Å²) in [6, 6.07) is 18.0. The van der Waals surface area contributed by atoms with Crippen LogP contribution in [-0.4, -0.2) is 28.5 Å². The van der Waals surface area contributed by atoms with Gasteiger partial charge in [-0.3, -0.25) is 4.68 Å². The van der Waals surface area contributed by atoms with Crippen LogP contribution < -0.4 is 15.4 Å². The summed E-state index contributed by atoms with van der Waals surface area (Å²) in [6.45, 7) is 5.67. The normalized spacial score (nSPS) is 14.9. The Kier molecular flexibility index (Phi) is 5.51. The summed E-state index contributed by atoms with van der Waals surface area (Å²) in [4.78, 5) is 12.3. The Hall–Kier alpha value is -3.28. The standard InChI is InChI=1S/C23H26N4O2/c1-16-21(17(2)27(26-16)15-18-8-4-3-5-9-18)14-25-23(28)24-13-20-12-19-10-6-7-11-22(19)29-20/h3-11,20H,12-15H2,1-2H3,(H2,24,25,28). The molecule has 0 saturated heterocycles. The topological polar surface area (TPSA) is 68.2 Å². The Bertz CT molecular complexity index is 972. The van der Waals surface area contributed by atoms with Crippen LogP contribution in [0.3, 0.4) is 0 Å². The van der Waals surface area contributed by atoms with Gasteiger partial charge in [0.15, 0.2) is 0 Å². The number of rotatable bonds is 6. The number of nitrogens with one attached hydrogen (secondary N) is 2. The molecule has 3 aromatic rings. The lowest BCUT2D eigenvalue weighted by Gasteiger charge is -2.13. The maximum atomic E-state index is 12.3. The molecular weight excluding hydrogens is 364 g/mol. The van der Waals surface area contributed by atoms with Crippen LogP contribution in [0.1, 0.15) is 28.1 Å². The van der Waals surface area contributed by atoms with Gasteiger partial charge in [-0.1, -0.05) is 48.5 Å². The Morgan fingerprint density at radius 2 is 1.86 bits per heavy atom. The zero-order chi connectivity index (χ0) is 20.2. The molecule has 2 N–H and O–H groups in total. The molecule has 2 aromatic carbocycles. The number of nitrogens with zero attached hydrogens (tertiary/aromatic N) is 2. The molecule has 2 heterocycles. The lowest BCUT2D eigenvalue weighted by molar-refractivity contribution is 0.214. The molecule has 29 heavy (non-hydrogen) atoms. The smallest absolute Gasteiger partial charge is 0.315 e. The number of carbonyl (C=O) groups excluding carboxylic acids is 1. The molecule has 2 amide bonds. The number of aryl methyl sites for hydroxylation is 1. The zero-order valence-electron chi connectivity index (χ0n) is 16.8.